The Bertz CT molecular complexity index is 823. The quantitative estimate of drug-likeness (QED) is 0.0492. The molecule has 1 aliphatic rings. The third-order valence-corrected chi connectivity index (χ3v) is 11.0. The zero-order valence-electron chi connectivity index (χ0n) is 33.8. The predicted molar refractivity (Wildman–Crippen MR) is 217 cm³/mol. The van der Waals surface area contributed by atoms with Gasteiger partial charge in [0.05, 0.1) is 31.6 Å². The lowest BCUT2D eigenvalue weighted by atomic mass is 9.85. The molecule has 0 amide bonds. The Morgan fingerprint density at radius 2 is 0.920 bits per heavy atom. The summed E-state index contributed by atoms with van der Waals surface area (Å²) in [6, 6.07) is 0.250. The summed E-state index contributed by atoms with van der Waals surface area (Å²) in [5, 5.41) is 10.8. The van der Waals surface area contributed by atoms with Gasteiger partial charge in [-0.05, 0) is 32.6 Å². The Morgan fingerprint density at radius 1 is 0.600 bits per heavy atom. The van der Waals surface area contributed by atoms with Crippen LogP contribution in [-0.4, -0.2) is 61.2 Å². The van der Waals surface area contributed by atoms with Crippen LogP contribution in [0.15, 0.2) is 4.99 Å². The maximum atomic E-state index is 10.8. The van der Waals surface area contributed by atoms with E-state index in [0.717, 1.165) is 13.1 Å². The van der Waals surface area contributed by atoms with E-state index in [-0.39, 0.29) is 18.8 Å². The van der Waals surface area contributed by atoms with Crippen molar-refractivity contribution in [2.24, 2.45) is 10.9 Å². The van der Waals surface area contributed by atoms with Gasteiger partial charge >= 0.3 is 10.4 Å². The van der Waals surface area contributed by atoms with Gasteiger partial charge in [-0.2, -0.15) is 8.42 Å². The Balaban J connectivity index is 0.00000308. The van der Waals surface area contributed by atoms with E-state index >= 15 is 0 Å². The van der Waals surface area contributed by atoms with E-state index < -0.39 is 10.4 Å². The molecule has 0 aromatic heterocycles. The lowest BCUT2D eigenvalue weighted by molar-refractivity contribution is 0.0608. The summed E-state index contributed by atoms with van der Waals surface area (Å²) in [7, 11) is -4.17. The molecule has 0 aliphatic carbocycles. The van der Waals surface area contributed by atoms with Gasteiger partial charge in [-0.15, -0.1) is 0 Å². The summed E-state index contributed by atoms with van der Waals surface area (Å²) in [4.78, 5) is 6.86. The molecule has 0 aromatic carbocycles. The van der Waals surface area contributed by atoms with E-state index in [9.17, 15) is 13.5 Å². The molecule has 8 heteroatoms. The molecule has 0 saturated carbocycles. The fourth-order valence-electron chi connectivity index (χ4n) is 7.58. The fraction of sp³-hybridized carbons (Fsp3) is 0.976. The summed E-state index contributed by atoms with van der Waals surface area (Å²) in [5.41, 5.74) is 0. The highest BCUT2D eigenvalue weighted by molar-refractivity contribution is 7.80. The van der Waals surface area contributed by atoms with E-state index in [2.05, 4.69) is 27.9 Å². The standard InChI is InChI=1S/C40H80N2O.C2H6O4S/c1-4-6-8-10-12-14-16-18-20-22-24-26-28-30-32-34-39(40(38(3)43)42-36-35-41-37-42)33-31-29-27-25-23-21-19-17-15-13-11-9-7-5-2;1-2-6-7(3,4)5/h37-40,43H,4-36H2,1-3H3;2H2,1H3,(H,3,4,5). The summed E-state index contributed by atoms with van der Waals surface area (Å²) in [5.74, 6) is 0.601. The number of hydrogen-bond donors (Lipinski definition) is 2. The molecule has 1 aliphatic heterocycles. The Morgan fingerprint density at radius 3 is 1.14 bits per heavy atom. The fourth-order valence-corrected chi connectivity index (χ4v) is 7.87. The molecule has 50 heavy (non-hydrogen) atoms. The number of unbranched alkanes of at least 4 members (excludes halogenated alkanes) is 27. The first-order chi connectivity index (χ1) is 24.3. The average molecular weight is 731 g/mol. The van der Waals surface area contributed by atoms with E-state index in [0.29, 0.717) is 5.92 Å². The molecule has 3 unspecified atom stereocenters. The van der Waals surface area contributed by atoms with Crippen LogP contribution in [0.4, 0.5) is 0 Å². The van der Waals surface area contributed by atoms with Crippen LogP contribution in [-0.2, 0) is 14.6 Å². The van der Waals surface area contributed by atoms with Crippen LogP contribution in [0, 0.1) is 5.92 Å². The smallest absolute Gasteiger partial charge is 0.391 e. The van der Waals surface area contributed by atoms with Crippen molar-refractivity contribution in [2.45, 2.75) is 239 Å². The Labute approximate surface area is 312 Å². The zero-order valence-corrected chi connectivity index (χ0v) is 34.6. The van der Waals surface area contributed by atoms with Gasteiger partial charge in [-0.25, -0.2) is 4.18 Å². The zero-order chi connectivity index (χ0) is 37.0. The predicted octanol–water partition coefficient (Wildman–Crippen LogP) is 12.7. The van der Waals surface area contributed by atoms with Crippen LogP contribution < -0.4 is 0 Å². The van der Waals surface area contributed by atoms with Crippen LogP contribution in [0.25, 0.3) is 0 Å². The number of aliphatic imine (C=N–C) groups is 1. The average Bonchev–Trinajstić information content (AvgIpc) is 3.60. The molecule has 0 spiro atoms. The summed E-state index contributed by atoms with van der Waals surface area (Å²) in [6.07, 6.45) is 45.5. The number of nitrogens with zero attached hydrogens (tertiary/aromatic N) is 2. The molecular weight excluding hydrogens is 645 g/mol. The van der Waals surface area contributed by atoms with Crippen molar-refractivity contribution in [1.82, 2.24) is 4.90 Å². The highest BCUT2D eigenvalue weighted by Gasteiger charge is 2.30. The highest BCUT2D eigenvalue weighted by Crippen LogP contribution is 2.28. The number of hydrogen-bond acceptors (Lipinski definition) is 6. The van der Waals surface area contributed by atoms with Crippen molar-refractivity contribution >= 4 is 16.7 Å². The van der Waals surface area contributed by atoms with E-state index in [1.54, 1.807) is 0 Å². The lowest BCUT2D eigenvalue weighted by Crippen LogP contribution is -2.46. The molecule has 2 N–H and O–H groups in total. The Kier molecular flexibility index (Phi) is 36.1. The lowest BCUT2D eigenvalue weighted by Gasteiger charge is -2.36. The molecule has 7 nitrogen and oxygen atoms in total. The molecule has 300 valence electrons. The summed E-state index contributed by atoms with van der Waals surface area (Å²) < 4.78 is 30.7. The van der Waals surface area contributed by atoms with Gasteiger partial charge in [-0.1, -0.05) is 200 Å². The third-order valence-electron chi connectivity index (χ3n) is 10.5. The second-order valence-electron chi connectivity index (χ2n) is 15.2. The van der Waals surface area contributed by atoms with Crippen LogP contribution in [0.3, 0.4) is 0 Å². The van der Waals surface area contributed by atoms with Crippen molar-refractivity contribution in [3.8, 4) is 0 Å². The van der Waals surface area contributed by atoms with Crippen molar-refractivity contribution in [1.29, 1.82) is 0 Å². The van der Waals surface area contributed by atoms with Crippen molar-refractivity contribution in [3.63, 3.8) is 0 Å². The first-order valence-electron chi connectivity index (χ1n) is 21.8. The van der Waals surface area contributed by atoms with Crippen molar-refractivity contribution < 1.29 is 22.3 Å². The maximum absolute atomic E-state index is 10.8. The normalized spacial score (nSPS) is 14.9. The minimum Gasteiger partial charge on any atom is -0.391 e. The SMILES string of the molecule is CCCCCCCCCCCCCCCCCC(CCCCCCCCCCCCCCCC)C(C(C)O)N1C=NCC1.CCOS(=O)(=O)O. The molecule has 1 heterocycles. The number of aliphatic hydroxyl groups excluding tert-OH is 1. The molecule has 0 saturated heterocycles. The second kappa shape index (κ2) is 36.6. The molecule has 3 atom stereocenters. The van der Waals surface area contributed by atoms with Gasteiger partial charge in [0.1, 0.15) is 0 Å². The summed E-state index contributed by atoms with van der Waals surface area (Å²) in [6.45, 7) is 9.94. The largest absolute Gasteiger partial charge is 0.397 e. The minimum atomic E-state index is -4.17. The maximum Gasteiger partial charge on any atom is 0.397 e. The van der Waals surface area contributed by atoms with Crippen LogP contribution >= 0.6 is 0 Å². The topological polar surface area (TPSA) is 99.4 Å². The van der Waals surface area contributed by atoms with Gasteiger partial charge < -0.3 is 10.0 Å². The van der Waals surface area contributed by atoms with E-state index in [1.165, 1.54) is 206 Å². The van der Waals surface area contributed by atoms with E-state index in [1.807, 2.05) is 13.3 Å². The van der Waals surface area contributed by atoms with Crippen LogP contribution in [0.1, 0.15) is 227 Å². The van der Waals surface area contributed by atoms with Gasteiger partial charge in [0.15, 0.2) is 0 Å². The minimum absolute atomic E-state index is 0.0289. The molecule has 1 rings (SSSR count). The van der Waals surface area contributed by atoms with Crippen molar-refractivity contribution in [2.75, 3.05) is 19.7 Å². The first-order valence-corrected chi connectivity index (χ1v) is 23.2. The van der Waals surface area contributed by atoms with Gasteiger partial charge in [0.25, 0.3) is 0 Å². The summed E-state index contributed by atoms with van der Waals surface area (Å²) >= 11 is 0. The van der Waals surface area contributed by atoms with Gasteiger partial charge in [0, 0.05) is 6.54 Å². The number of aliphatic hydroxyl groups is 1. The van der Waals surface area contributed by atoms with Crippen LogP contribution in [0.5, 0.6) is 0 Å². The third kappa shape index (κ3) is 33.2. The molecule has 0 fully saturated rings. The second-order valence-corrected chi connectivity index (χ2v) is 16.3. The van der Waals surface area contributed by atoms with Crippen molar-refractivity contribution in [3.05, 3.63) is 0 Å². The molecular formula is C42H86N2O5S. The van der Waals surface area contributed by atoms with E-state index in [4.69, 9.17) is 4.55 Å². The molecule has 0 bridgehead atoms. The van der Waals surface area contributed by atoms with Crippen LogP contribution in [0.2, 0.25) is 0 Å². The number of rotatable bonds is 36. The Hall–Kier alpha value is -0.700. The van der Waals surface area contributed by atoms with Gasteiger partial charge in [0.2, 0.25) is 0 Å². The molecule has 0 radical (unpaired) electrons. The first kappa shape index (κ1) is 49.3. The highest BCUT2D eigenvalue weighted by atomic mass is 32.3. The molecule has 0 aromatic rings. The monoisotopic (exact) mass is 731 g/mol. The van der Waals surface area contributed by atoms with Gasteiger partial charge in [-0.3, -0.25) is 9.55 Å².